The first-order chi connectivity index (χ1) is 9.56. The van der Waals surface area contributed by atoms with Gasteiger partial charge in [-0.1, -0.05) is 36.4 Å². The van der Waals surface area contributed by atoms with Crippen LogP contribution in [0.4, 0.5) is 8.78 Å². The number of hydrogen-bond donors (Lipinski definition) is 1. The highest BCUT2D eigenvalue weighted by Crippen LogP contribution is 2.18. The Bertz CT molecular complexity index is 554. The minimum atomic E-state index is -0.546. The van der Waals surface area contributed by atoms with Gasteiger partial charge in [-0.15, -0.1) is 0 Å². The average molecular weight is 275 g/mol. The van der Waals surface area contributed by atoms with Gasteiger partial charge >= 0.3 is 0 Å². The zero-order chi connectivity index (χ0) is 14.5. The third-order valence-corrected chi connectivity index (χ3v) is 3.35. The Morgan fingerprint density at radius 1 is 1.00 bits per heavy atom. The molecule has 0 saturated carbocycles. The molecule has 2 aromatic carbocycles. The van der Waals surface area contributed by atoms with E-state index in [1.54, 1.807) is 0 Å². The van der Waals surface area contributed by atoms with Gasteiger partial charge in [0.2, 0.25) is 0 Å². The highest BCUT2D eigenvalue weighted by molar-refractivity contribution is 5.22. The third-order valence-electron chi connectivity index (χ3n) is 3.35. The van der Waals surface area contributed by atoms with Gasteiger partial charge in [0.25, 0.3) is 0 Å². The van der Waals surface area contributed by atoms with Crippen LogP contribution < -0.4 is 5.32 Å². The summed E-state index contributed by atoms with van der Waals surface area (Å²) in [6.07, 6.45) is 0.869. The number of hydrogen-bond acceptors (Lipinski definition) is 1. The summed E-state index contributed by atoms with van der Waals surface area (Å²) in [5.41, 5.74) is 1.73. The second kappa shape index (κ2) is 6.62. The lowest BCUT2D eigenvalue weighted by molar-refractivity contribution is 0.458. The predicted molar refractivity (Wildman–Crippen MR) is 77.5 cm³/mol. The second-order valence-electron chi connectivity index (χ2n) is 5.14. The molecule has 0 saturated heterocycles. The lowest BCUT2D eigenvalue weighted by Crippen LogP contribution is -2.31. The Labute approximate surface area is 118 Å². The van der Waals surface area contributed by atoms with Gasteiger partial charge in [0.05, 0.1) is 0 Å². The molecule has 0 aliphatic rings. The lowest BCUT2D eigenvalue weighted by atomic mass is 10.0. The maximum atomic E-state index is 13.7. The van der Waals surface area contributed by atoms with E-state index in [1.165, 1.54) is 17.7 Å². The standard InChI is InChI=1S/C17H19F2N/c1-12(10-14-6-4-3-5-7-14)20-13(2)16-9-8-15(18)11-17(16)19/h3-9,11-13,20H,10H2,1-2H3. The molecule has 0 aromatic heterocycles. The summed E-state index contributed by atoms with van der Waals surface area (Å²) in [4.78, 5) is 0. The second-order valence-corrected chi connectivity index (χ2v) is 5.14. The van der Waals surface area contributed by atoms with E-state index in [1.807, 2.05) is 25.1 Å². The van der Waals surface area contributed by atoms with Crippen LogP contribution in [-0.4, -0.2) is 6.04 Å². The number of rotatable bonds is 5. The molecule has 2 unspecified atom stereocenters. The van der Waals surface area contributed by atoms with Crippen LogP contribution in [0.1, 0.15) is 31.0 Å². The van der Waals surface area contributed by atoms with Crippen LogP contribution in [0.2, 0.25) is 0 Å². The molecule has 0 aliphatic heterocycles. The van der Waals surface area contributed by atoms with E-state index in [2.05, 4.69) is 24.4 Å². The summed E-state index contributed by atoms with van der Waals surface area (Å²) in [5, 5.41) is 3.34. The summed E-state index contributed by atoms with van der Waals surface area (Å²) in [5.74, 6) is -1.05. The fourth-order valence-corrected chi connectivity index (χ4v) is 2.40. The van der Waals surface area contributed by atoms with E-state index in [0.29, 0.717) is 5.56 Å². The molecule has 2 aromatic rings. The fourth-order valence-electron chi connectivity index (χ4n) is 2.40. The monoisotopic (exact) mass is 275 g/mol. The van der Waals surface area contributed by atoms with E-state index in [4.69, 9.17) is 0 Å². The zero-order valence-corrected chi connectivity index (χ0v) is 11.7. The SMILES string of the molecule is CC(Cc1ccccc1)NC(C)c1ccc(F)cc1F. The largest absolute Gasteiger partial charge is 0.307 e. The Morgan fingerprint density at radius 3 is 2.35 bits per heavy atom. The molecule has 20 heavy (non-hydrogen) atoms. The topological polar surface area (TPSA) is 12.0 Å². The maximum Gasteiger partial charge on any atom is 0.130 e. The van der Waals surface area contributed by atoms with Crippen molar-refractivity contribution >= 4 is 0 Å². The van der Waals surface area contributed by atoms with Crippen LogP contribution in [0.3, 0.4) is 0 Å². The molecule has 2 atom stereocenters. The fraction of sp³-hybridized carbons (Fsp3) is 0.294. The van der Waals surface area contributed by atoms with Crippen molar-refractivity contribution in [3.05, 3.63) is 71.3 Å². The Morgan fingerprint density at radius 2 is 1.70 bits per heavy atom. The van der Waals surface area contributed by atoms with E-state index in [9.17, 15) is 8.78 Å². The van der Waals surface area contributed by atoms with Crippen molar-refractivity contribution in [2.24, 2.45) is 0 Å². The van der Waals surface area contributed by atoms with Gasteiger partial charge in [-0.3, -0.25) is 0 Å². The first-order valence-corrected chi connectivity index (χ1v) is 6.81. The number of nitrogens with one attached hydrogen (secondary N) is 1. The van der Waals surface area contributed by atoms with Crippen LogP contribution in [0, 0.1) is 11.6 Å². The zero-order valence-electron chi connectivity index (χ0n) is 11.7. The molecule has 1 nitrogen and oxygen atoms in total. The van der Waals surface area contributed by atoms with Crippen LogP contribution in [0.15, 0.2) is 48.5 Å². The van der Waals surface area contributed by atoms with Gasteiger partial charge in [-0.2, -0.15) is 0 Å². The summed E-state index contributed by atoms with van der Waals surface area (Å²) >= 11 is 0. The molecule has 0 aliphatic carbocycles. The molecular weight excluding hydrogens is 256 g/mol. The Balaban J connectivity index is 1.98. The van der Waals surface area contributed by atoms with Gasteiger partial charge < -0.3 is 5.32 Å². The van der Waals surface area contributed by atoms with Crippen molar-refractivity contribution in [2.45, 2.75) is 32.4 Å². The Hall–Kier alpha value is -1.74. The van der Waals surface area contributed by atoms with E-state index in [-0.39, 0.29) is 12.1 Å². The molecule has 0 spiro atoms. The minimum Gasteiger partial charge on any atom is -0.307 e. The highest BCUT2D eigenvalue weighted by atomic mass is 19.1. The van der Waals surface area contributed by atoms with Gasteiger partial charge in [-0.05, 0) is 31.9 Å². The van der Waals surface area contributed by atoms with E-state index in [0.717, 1.165) is 12.5 Å². The Kier molecular flexibility index (Phi) is 4.85. The number of halogens is 2. The molecule has 0 radical (unpaired) electrons. The smallest absolute Gasteiger partial charge is 0.130 e. The summed E-state index contributed by atoms with van der Waals surface area (Å²) in [6, 6.07) is 13.9. The van der Waals surface area contributed by atoms with Crippen molar-refractivity contribution < 1.29 is 8.78 Å². The molecule has 0 heterocycles. The van der Waals surface area contributed by atoms with Gasteiger partial charge in [0, 0.05) is 23.7 Å². The molecule has 2 rings (SSSR count). The molecule has 0 fully saturated rings. The summed E-state index contributed by atoms with van der Waals surface area (Å²) < 4.78 is 26.6. The minimum absolute atomic E-state index is 0.158. The van der Waals surface area contributed by atoms with Crippen molar-refractivity contribution in [2.75, 3.05) is 0 Å². The average Bonchev–Trinajstić information content (AvgIpc) is 2.39. The molecule has 106 valence electrons. The molecule has 0 amide bonds. The lowest BCUT2D eigenvalue weighted by Gasteiger charge is -2.21. The molecule has 0 bridgehead atoms. The van der Waals surface area contributed by atoms with Crippen LogP contribution >= 0.6 is 0 Å². The van der Waals surface area contributed by atoms with Crippen molar-refractivity contribution in [1.29, 1.82) is 0 Å². The highest BCUT2D eigenvalue weighted by Gasteiger charge is 2.14. The summed E-state index contributed by atoms with van der Waals surface area (Å²) in [7, 11) is 0. The predicted octanol–water partition coefficient (Wildman–Crippen LogP) is 4.25. The van der Waals surface area contributed by atoms with Gasteiger partial charge in [0.15, 0.2) is 0 Å². The molecular formula is C17H19F2N. The molecule has 3 heteroatoms. The van der Waals surface area contributed by atoms with Crippen LogP contribution in [0.25, 0.3) is 0 Å². The van der Waals surface area contributed by atoms with Crippen LogP contribution in [0.5, 0.6) is 0 Å². The third kappa shape index (κ3) is 3.87. The van der Waals surface area contributed by atoms with E-state index >= 15 is 0 Å². The van der Waals surface area contributed by atoms with Crippen molar-refractivity contribution in [1.82, 2.24) is 5.32 Å². The van der Waals surface area contributed by atoms with Crippen molar-refractivity contribution in [3.63, 3.8) is 0 Å². The first kappa shape index (κ1) is 14.7. The van der Waals surface area contributed by atoms with Crippen LogP contribution in [-0.2, 0) is 6.42 Å². The van der Waals surface area contributed by atoms with Crippen molar-refractivity contribution in [3.8, 4) is 0 Å². The summed E-state index contributed by atoms with van der Waals surface area (Å²) in [6.45, 7) is 3.95. The quantitative estimate of drug-likeness (QED) is 0.860. The normalized spacial score (nSPS) is 14.0. The molecule has 1 N–H and O–H groups in total. The maximum absolute atomic E-state index is 13.7. The number of benzene rings is 2. The van der Waals surface area contributed by atoms with E-state index < -0.39 is 11.6 Å². The first-order valence-electron chi connectivity index (χ1n) is 6.81. The van der Waals surface area contributed by atoms with Gasteiger partial charge in [-0.25, -0.2) is 8.78 Å². The van der Waals surface area contributed by atoms with Gasteiger partial charge in [0.1, 0.15) is 11.6 Å².